The van der Waals surface area contributed by atoms with E-state index in [1.54, 1.807) is 42.5 Å². The van der Waals surface area contributed by atoms with E-state index in [-0.39, 0.29) is 24.2 Å². The van der Waals surface area contributed by atoms with Crippen LogP contribution in [0.1, 0.15) is 5.56 Å². The largest absolute Gasteiger partial charge is 0.323 e. The number of benzene rings is 2. The van der Waals surface area contributed by atoms with Gasteiger partial charge in [0, 0.05) is 6.08 Å². The van der Waals surface area contributed by atoms with Crippen molar-refractivity contribution in [2.45, 2.75) is 0 Å². The Balaban J connectivity index is 2.05. The summed E-state index contributed by atoms with van der Waals surface area (Å²) in [5.41, 5.74) is 6.88. The summed E-state index contributed by atoms with van der Waals surface area (Å²) >= 11 is 0. The quantitative estimate of drug-likeness (QED) is 0.741. The first-order valence-corrected chi connectivity index (χ1v) is 6.92. The number of hydrogen-bond donors (Lipinski definition) is 3. The van der Waals surface area contributed by atoms with E-state index < -0.39 is 0 Å². The van der Waals surface area contributed by atoms with Crippen LogP contribution in [0.2, 0.25) is 0 Å². The summed E-state index contributed by atoms with van der Waals surface area (Å²) in [6.45, 7) is -0.146. The van der Waals surface area contributed by atoms with Crippen LogP contribution in [-0.2, 0) is 9.59 Å². The molecule has 0 aliphatic carbocycles. The molecule has 0 spiro atoms. The van der Waals surface area contributed by atoms with Gasteiger partial charge in [-0.25, -0.2) is 4.39 Å². The highest BCUT2D eigenvalue weighted by Gasteiger charge is 2.06. The van der Waals surface area contributed by atoms with Crippen LogP contribution in [-0.4, -0.2) is 18.4 Å². The fourth-order valence-corrected chi connectivity index (χ4v) is 1.82. The standard InChI is InChI=1S/C17H16FN3O2/c18-13-8-5-12(6-9-13)7-10-16(22)20-14-3-1-2-4-15(14)21-17(23)11-19/h1-10H,11,19H2,(H,20,22)(H,21,23)/b10-7+. The molecule has 4 N–H and O–H groups in total. The van der Waals surface area contributed by atoms with Gasteiger partial charge in [0.15, 0.2) is 0 Å². The van der Waals surface area contributed by atoms with Gasteiger partial charge in [-0.3, -0.25) is 9.59 Å². The van der Waals surface area contributed by atoms with Gasteiger partial charge in [0.1, 0.15) is 5.82 Å². The first kappa shape index (κ1) is 16.4. The Kier molecular flexibility index (Phi) is 5.60. The fourth-order valence-electron chi connectivity index (χ4n) is 1.82. The van der Waals surface area contributed by atoms with Gasteiger partial charge in [-0.05, 0) is 35.9 Å². The van der Waals surface area contributed by atoms with Gasteiger partial charge in [0.2, 0.25) is 11.8 Å². The van der Waals surface area contributed by atoms with Gasteiger partial charge < -0.3 is 16.4 Å². The van der Waals surface area contributed by atoms with E-state index in [2.05, 4.69) is 10.6 Å². The van der Waals surface area contributed by atoms with E-state index in [1.165, 1.54) is 18.2 Å². The number of halogens is 1. The minimum atomic E-state index is -0.372. The molecule has 0 saturated carbocycles. The van der Waals surface area contributed by atoms with Crippen molar-refractivity contribution in [3.8, 4) is 0 Å². The van der Waals surface area contributed by atoms with E-state index in [1.807, 2.05) is 0 Å². The highest BCUT2D eigenvalue weighted by Crippen LogP contribution is 2.20. The summed E-state index contributed by atoms with van der Waals surface area (Å²) in [6, 6.07) is 12.5. The Morgan fingerprint density at radius 3 is 2.22 bits per heavy atom. The number of carbonyl (C=O) groups is 2. The number of nitrogens with two attached hydrogens (primary N) is 1. The van der Waals surface area contributed by atoms with E-state index in [0.717, 1.165) is 0 Å². The lowest BCUT2D eigenvalue weighted by atomic mass is 10.2. The molecule has 5 nitrogen and oxygen atoms in total. The smallest absolute Gasteiger partial charge is 0.248 e. The van der Waals surface area contributed by atoms with Crippen LogP contribution in [0.4, 0.5) is 15.8 Å². The Bertz CT molecular complexity index is 727. The molecule has 23 heavy (non-hydrogen) atoms. The number of rotatable bonds is 5. The predicted molar refractivity (Wildman–Crippen MR) is 88.2 cm³/mol. The zero-order chi connectivity index (χ0) is 16.7. The molecule has 0 bridgehead atoms. The normalized spacial score (nSPS) is 10.5. The van der Waals surface area contributed by atoms with Gasteiger partial charge in [-0.15, -0.1) is 0 Å². The highest BCUT2D eigenvalue weighted by molar-refractivity contribution is 6.05. The van der Waals surface area contributed by atoms with Crippen LogP contribution >= 0.6 is 0 Å². The van der Waals surface area contributed by atoms with Crippen LogP contribution in [0.15, 0.2) is 54.6 Å². The Hall–Kier alpha value is -2.99. The van der Waals surface area contributed by atoms with Crippen molar-refractivity contribution in [2.24, 2.45) is 5.73 Å². The number of amides is 2. The summed E-state index contributed by atoms with van der Waals surface area (Å²) in [5.74, 6) is -1.06. The zero-order valence-corrected chi connectivity index (χ0v) is 12.3. The minimum absolute atomic E-state index is 0.146. The van der Waals surface area contributed by atoms with Crippen molar-refractivity contribution in [1.82, 2.24) is 0 Å². The average Bonchev–Trinajstić information content (AvgIpc) is 2.56. The van der Waals surface area contributed by atoms with Crippen molar-refractivity contribution in [3.05, 3.63) is 66.0 Å². The molecule has 0 atom stereocenters. The van der Waals surface area contributed by atoms with E-state index in [4.69, 9.17) is 5.73 Å². The third-order valence-corrected chi connectivity index (χ3v) is 2.94. The lowest BCUT2D eigenvalue weighted by molar-refractivity contribution is -0.115. The highest BCUT2D eigenvalue weighted by atomic mass is 19.1. The van der Waals surface area contributed by atoms with Gasteiger partial charge in [0.05, 0.1) is 17.9 Å². The molecule has 0 aliphatic heterocycles. The van der Waals surface area contributed by atoms with Gasteiger partial charge in [-0.2, -0.15) is 0 Å². The third-order valence-electron chi connectivity index (χ3n) is 2.94. The summed E-state index contributed by atoms with van der Waals surface area (Å²) in [5, 5.41) is 5.27. The fraction of sp³-hybridized carbons (Fsp3) is 0.0588. The molecule has 2 aromatic carbocycles. The Morgan fingerprint density at radius 1 is 1.00 bits per heavy atom. The van der Waals surface area contributed by atoms with E-state index in [9.17, 15) is 14.0 Å². The van der Waals surface area contributed by atoms with Crippen molar-refractivity contribution >= 4 is 29.3 Å². The summed E-state index contributed by atoms with van der Waals surface area (Å²) < 4.78 is 12.8. The van der Waals surface area contributed by atoms with Crippen LogP contribution in [0.25, 0.3) is 6.08 Å². The van der Waals surface area contributed by atoms with Gasteiger partial charge in [0.25, 0.3) is 0 Å². The van der Waals surface area contributed by atoms with Crippen molar-refractivity contribution < 1.29 is 14.0 Å². The molecular weight excluding hydrogens is 297 g/mol. The molecule has 0 saturated heterocycles. The summed E-state index contributed by atoms with van der Waals surface area (Å²) in [4.78, 5) is 23.3. The lowest BCUT2D eigenvalue weighted by Crippen LogP contribution is -2.22. The SMILES string of the molecule is NCC(=O)Nc1ccccc1NC(=O)/C=C/c1ccc(F)cc1. The van der Waals surface area contributed by atoms with Crippen LogP contribution < -0.4 is 16.4 Å². The van der Waals surface area contributed by atoms with Crippen molar-refractivity contribution in [3.63, 3.8) is 0 Å². The number of carbonyl (C=O) groups excluding carboxylic acids is 2. The maximum Gasteiger partial charge on any atom is 0.248 e. The van der Waals surface area contributed by atoms with Crippen molar-refractivity contribution in [2.75, 3.05) is 17.2 Å². The molecule has 0 unspecified atom stereocenters. The second-order valence-electron chi connectivity index (χ2n) is 4.67. The first-order chi connectivity index (χ1) is 11.1. The molecule has 0 fully saturated rings. The Labute approximate surface area is 133 Å². The molecule has 0 aliphatic rings. The van der Waals surface area contributed by atoms with Crippen molar-refractivity contribution in [1.29, 1.82) is 0 Å². The van der Waals surface area contributed by atoms with Gasteiger partial charge in [-0.1, -0.05) is 24.3 Å². The van der Waals surface area contributed by atoms with Gasteiger partial charge >= 0.3 is 0 Å². The second-order valence-corrected chi connectivity index (χ2v) is 4.67. The zero-order valence-electron chi connectivity index (χ0n) is 12.3. The molecule has 0 radical (unpaired) electrons. The molecule has 2 rings (SSSR count). The molecule has 118 valence electrons. The first-order valence-electron chi connectivity index (χ1n) is 6.92. The summed E-state index contributed by atoms with van der Waals surface area (Å²) in [7, 11) is 0. The van der Waals surface area contributed by atoms with Crippen LogP contribution in [0, 0.1) is 5.82 Å². The predicted octanol–water partition coefficient (Wildman–Crippen LogP) is 2.37. The number of anilines is 2. The topological polar surface area (TPSA) is 84.2 Å². The molecule has 2 amide bonds. The lowest BCUT2D eigenvalue weighted by Gasteiger charge is -2.10. The Morgan fingerprint density at radius 2 is 1.61 bits per heavy atom. The number of hydrogen-bond acceptors (Lipinski definition) is 3. The second kappa shape index (κ2) is 7.86. The monoisotopic (exact) mass is 313 g/mol. The maximum atomic E-state index is 12.8. The molecular formula is C17H16FN3O2. The molecule has 2 aromatic rings. The molecule has 6 heteroatoms. The third kappa shape index (κ3) is 5.05. The molecule has 0 aromatic heterocycles. The van der Waals surface area contributed by atoms with E-state index in [0.29, 0.717) is 16.9 Å². The average molecular weight is 313 g/mol. The van der Waals surface area contributed by atoms with Crippen LogP contribution in [0.5, 0.6) is 0 Å². The number of nitrogens with one attached hydrogen (secondary N) is 2. The molecule has 0 heterocycles. The summed E-state index contributed by atoms with van der Waals surface area (Å²) in [6.07, 6.45) is 2.89. The maximum absolute atomic E-state index is 12.8. The van der Waals surface area contributed by atoms with E-state index >= 15 is 0 Å². The van der Waals surface area contributed by atoms with Crippen LogP contribution in [0.3, 0.4) is 0 Å². The number of para-hydroxylation sites is 2. The minimum Gasteiger partial charge on any atom is -0.323 e.